The number of nitrogens with zero attached hydrogens (tertiary/aromatic N) is 2. The van der Waals surface area contributed by atoms with Crippen LogP contribution in [0.15, 0.2) is 18.6 Å². The van der Waals surface area contributed by atoms with E-state index in [1.165, 1.54) is 13.2 Å². The van der Waals surface area contributed by atoms with E-state index in [4.69, 9.17) is 0 Å². The monoisotopic (exact) mass is 194 g/mol. The van der Waals surface area contributed by atoms with Gasteiger partial charge in [-0.05, 0) is 12.5 Å². The summed E-state index contributed by atoms with van der Waals surface area (Å²) in [5, 5.41) is 0. The van der Waals surface area contributed by atoms with E-state index in [2.05, 4.69) is 16.6 Å². The van der Waals surface area contributed by atoms with Crippen LogP contribution in [0.4, 0.5) is 0 Å². The van der Waals surface area contributed by atoms with Crippen LogP contribution in [-0.2, 0) is 16.1 Å². The molecule has 0 aliphatic rings. The van der Waals surface area contributed by atoms with E-state index < -0.39 is 0 Å². The van der Waals surface area contributed by atoms with Crippen LogP contribution < -0.4 is 0 Å². The van der Waals surface area contributed by atoms with Crippen molar-refractivity contribution in [3.63, 3.8) is 0 Å². The number of aromatic nitrogens is 2. The van der Waals surface area contributed by atoms with Crippen LogP contribution in [0.1, 0.15) is 19.0 Å². The molecule has 0 aliphatic heterocycles. The van der Waals surface area contributed by atoms with Gasteiger partial charge in [0.2, 0.25) is 0 Å². The van der Waals surface area contributed by atoms with Crippen LogP contribution in [0.2, 0.25) is 0 Å². The summed E-state index contributed by atoms with van der Waals surface area (Å²) in [4.78, 5) is 14.8. The smallest absolute Gasteiger partial charge is 0.330 e. The summed E-state index contributed by atoms with van der Waals surface area (Å²) in [5.41, 5.74) is 0.914. The van der Waals surface area contributed by atoms with Crippen LogP contribution in [0.5, 0.6) is 0 Å². The van der Waals surface area contributed by atoms with Gasteiger partial charge < -0.3 is 9.30 Å². The maximum atomic E-state index is 10.8. The number of hydrogen-bond donors (Lipinski definition) is 0. The lowest BCUT2D eigenvalue weighted by Gasteiger charge is -2.01. The van der Waals surface area contributed by atoms with E-state index in [1.807, 2.05) is 4.57 Å². The fourth-order valence-electron chi connectivity index (χ4n) is 1.12. The molecule has 0 atom stereocenters. The van der Waals surface area contributed by atoms with Gasteiger partial charge >= 0.3 is 5.97 Å². The van der Waals surface area contributed by atoms with Crippen molar-refractivity contribution in [3.8, 4) is 0 Å². The molecule has 0 saturated carbocycles. The Morgan fingerprint density at radius 1 is 1.71 bits per heavy atom. The van der Waals surface area contributed by atoms with Crippen LogP contribution in [0, 0.1) is 0 Å². The molecule has 76 valence electrons. The second-order valence-corrected chi connectivity index (χ2v) is 2.87. The van der Waals surface area contributed by atoms with Crippen molar-refractivity contribution in [2.45, 2.75) is 19.9 Å². The number of ether oxygens (including phenoxy) is 1. The molecule has 0 aliphatic carbocycles. The van der Waals surface area contributed by atoms with Crippen molar-refractivity contribution < 1.29 is 9.53 Å². The summed E-state index contributed by atoms with van der Waals surface area (Å²) >= 11 is 0. The highest BCUT2D eigenvalue weighted by Crippen LogP contribution is 2.03. The van der Waals surface area contributed by atoms with Crippen LogP contribution in [0.3, 0.4) is 0 Å². The SMILES string of the molecule is CCCn1cncc1/C=C/C(=O)OC. The molecule has 0 radical (unpaired) electrons. The summed E-state index contributed by atoms with van der Waals surface area (Å²) in [7, 11) is 1.36. The molecule has 0 bridgehead atoms. The van der Waals surface area contributed by atoms with E-state index in [9.17, 15) is 4.79 Å². The third-order valence-corrected chi connectivity index (χ3v) is 1.80. The predicted octanol–water partition coefficient (Wildman–Crippen LogP) is 1.48. The number of hydrogen-bond acceptors (Lipinski definition) is 3. The van der Waals surface area contributed by atoms with E-state index in [-0.39, 0.29) is 5.97 Å². The van der Waals surface area contributed by atoms with Crippen LogP contribution in [-0.4, -0.2) is 22.6 Å². The lowest BCUT2D eigenvalue weighted by Crippen LogP contribution is -1.98. The minimum atomic E-state index is -0.353. The van der Waals surface area contributed by atoms with E-state index >= 15 is 0 Å². The first-order valence-electron chi connectivity index (χ1n) is 4.54. The fraction of sp³-hybridized carbons (Fsp3) is 0.400. The lowest BCUT2D eigenvalue weighted by molar-refractivity contribution is -0.134. The normalized spacial score (nSPS) is 10.7. The third kappa shape index (κ3) is 2.73. The average Bonchev–Trinajstić information content (AvgIpc) is 2.62. The number of esters is 1. The lowest BCUT2D eigenvalue weighted by atomic mass is 10.3. The molecule has 0 saturated heterocycles. The molecule has 0 N–H and O–H groups in total. The van der Waals surface area contributed by atoms with Gasteiger partial charge in [-0.15, -0.1) is 0 Å². The van der Waals surface area contributed by atoms with Crippen molar-refractivity contribution in [1.29, 1.82) is 0 Å². The molecule has 14 heavy (non-hydrogen) atoms. The highest BCUT2D eigenvalue weighted by Gasteiger charge is 1.97. The van der Waals surface area contributed by atoms with Crippen LogP contribution in [0.25, 0.3) is 6.08 Å². The van der Waals surface area contributed by atoms with Gasteiger partial charge in [0.1, 0.15) is 0 Å². The highest BCUT2D eigenvalue weighted by atomic mass is 16.5. The molecule has 0 unspecified atom stereocenters. The summed E-state index contributed by atoms with van der Waals surface area (Å²) in [6.07, 6.45) is 7.60. The van der Waals surface area contributed by atoms with Crippen LogP contribution >= 0.6 is 0 Å². The third-order valence-electron chi connectivity index (χ3n) is 1.80. The molecule has 1 aromatic heterocycles. The first kappa shape index (κ1) is 10.5. The molecular formula is C10H14N2O2. The minimum absolute atomic E-state index is 0.353. The quantitative estimate of drug-likeness (QED) is 0.538. The van der Waals surface area contributed by atoms with Gasteiger partial charge in [0, 0.05) is 12.6 Å². The summed E-state index contributed by atoms with van der Waals surface area (Å²) < 4.78 is 6.48. The molecule has 1 heterocycles. The Balaban J connectivity index is 2.70. The summed E-state index contributed by atoms with van der Waals surface area (Å²) in [5.74, 6) is -0.353. The first-order chi connectivity index (χ1) is 6.77. The first-order valence-corrected chi connectivity index (χ1v) is 4.54. The molecule has 4 heteroatoms. The zero-order valence-corrected chi connectivity index (χ0v) is 8.43. The Hall–Kier alpha value is -1.58. The maximum absolute atomic E-state index is 10.8. The number of methoxy groups -OCH3 is 1. The second-order valence-electron chi connectivity index (χ2n) is 2.87. The molecule has 0 fully saturated rings. The average molecular weight is 194 g/mol. The van der Waals surface area contributed by atoms with Gasteiger partial charge in [-0.3, -0.25) is 0 Å². The number of rotatable bonds is 4. The minimum Gasteiger partial charge on any atom is -0.466 e. The van der Waals surface area contributed by atoms with Gasteiger partial charge in [-0.2, -0.15) is 0 Å². The van der Waals surface area contributed by atoms with Crippen molar-refractivity contribution in [3.05, 3.63) is 24.3 Å². The van der Waals surface area contributed by atoms with Crippen molar-refractivity contribution in [2.24, 2.45) is 0 Å². The summed E-state index contributed by atoms with van der Waals surface area (Å²) in [6.45, 7) is 2.99. The predicted molar refractivity (Wildman–Crippen MR) is 53.6 cm³/mol. The second kappa shape index (κ2) is 5.21. The number of carbonyl (C=O) groups is 1. The van der Waals surface area contributed by atoms with Crippen molar-refractivity contribution in [2.75, 3.05) is 7.11 Å². The van der Waals surface area contributed by atoms with Gasteiger partial charge in [0.15, 0.2) is 0 Å². The highest BCUT2D eigenvalue weighted by molar-refractivity contribution is 5.86. The van der Waals surface area contributed by atoms with E-state index in [1.54, 1.807) is 18.6 Å². The Labute approximate surface area is 83.2 Å². The van der Waals surface area contributed by atoms with E-state index in [0.29, 0.717) is 0 Å². The number of aryl methyl sites for hydroxylation is 1. The van der Waals surface area contributed by atoms with Gasteiger partial charge in [-0.25, -0.2) is 9.78 Å². The molecule has 0 amide bonds. The Kier molecular flexibility index (Phi) is 3.91. The molecule has 1 rings (SSSR count). The van der Waals surface area contributed by atoms with Gasteiger partial charge in [0.05, 0.1) is 25.3 Å². The van der Waals surface area contributed by atoms with Crippen molar-refractivity contribution >= 4 is 12.0 Å². The standard InChI is InChI=1S/C10H14N2O2/c1-3-6-12-8-11-7-9(12)4-5-10(13)14-2/h4-5,7-8H,3,6H2,1-2H3/b5-4+. The Morgan fingerprint density at radius 3 is 3.14 bits per heavy atom. The molecule has 4 nitrogen and oxygen atoms in total. The summed E-state index contributed by atoms with van der Waals surface area (Å²) in [6, 6.07) is 0. The fourth-order valence-corrected chi connectivity index (χ4v) is 1.12. The van der Waals surface area contributed by atoms with Gasteiger partial charge in [-0.1, -0.05) is 6.92 Å². The Morgan fingerprint density at radius 2 is 2.50 bits per heavy atom. The molecule has 0 spiro atoms. The largest absolute Gasteiger partial charge is 0.466 e. The topological polar surface area (TPSA) is 44.1 Å². The maximum Gasteiger partial charge on any atom is 0.330 e. The number of imidazole rings is 1. The van der Waals surface area contributed by atoms with Crippen molar-refractivity contribution in [1.82, 2.24) is 9.55 Å². The zero-order chi connectivity index (χ0) is 10.4. The van der Waals surface area contributed by atoms with E-state index in [0.717, 1.165) is 18.7 Å². The zero-order valence-electron chi connectivity index (χ0n) is 8.43. The Bertz CT molecular complexity index is 329. The molecular weight excluding hydrogens is 180 g/mol. The molecule has 0 aromatic carbocycles. The van der Waals surface area contributed by atoms with Gasteiger partial charge in [0.25, 0.3) is 0 Å². The number of carbonyl (C=O) groups excluding carboxylic acids is 1. The molecule has 1 aromatic rings.